The Labute approximate surface area is 220 Å². The maximum atomic E-state index is 13.1. The number of anilines is 1. The molecule has 3 aromatic rings. The van der Waals surface area contributed by atoms with Crippen molar-refractivity contribution >= 4 is 58.8 Å². The Morgan fingerprint density at radius 3 is 2.32 bits per heavy atom. The molecule has 0 aromatic heterocycles. The Morgan fingerprint density at radius 2 is 1.70 bits per heavy atom. The SMILES string of the molecule is COc1cc(/C=C2\C(=O)NC(=O)N(c3ccc(Cl)cc3)C2=O)cc(Cl)c1OCc1ccc(C(=O)O)cc1. The smallest absolute Gasteiger partial charge is 0.335 e. The van der Waals surface area contributed by atoms with Gasteiger partial charge < -0.3 is 14.6 Å². The van der Waals surface area contributed by atoms with Crippen LogP contribution in [0.2, 0.25) is 10.0 Å². The molecule has 1 fully saturated rings. The standard InChI is InChI=1S/C26H18Cl2N2O7/c1-36-21-12-15(11-20(28)22(21)37-13-14-2-4-16(5-3-14)25(33)34)10-19-23(31)29-26(35)30(24(19)32)18-8-6-17(27)7-9-18/h2-12H,13H2,1H3,(H,33,34)(H,29,31,35)/b19-10+. The van der Waals surface area contributed by atoms with Crippen molar-refractivity contribution in [2.24, 2.45) is 0 Å². The number of hydrogen-bond donors (Lipinski definition) is 2. The third-order valence-electron chi connectivity index (χ3n) is 5.33. The summed E-state index contributed by atoms with van der Waals surface area (Å²) in [6.45, 7) is 0.0788. The van der Waals surface area contributed by atoms with Crippen molar-refractivity contribution in [2.45, 2.75) is 6.61 Å². The molecule has 1 heterocycles. The molecule has 2 N–H and O–H groups in total. The normalized spacial score (nSPS) is 14.5. The third kappa shape index (κ3) is 5.58. The Kier molecular flexibility index (Phi) is 7.47. The van der Waals surface area contributed by atoms with E-state index in [2.05, 4.69) is 5.32 Å². The van der Waals surface area contributed by atoms with Gasteiger partial charge in [0.15, 0.2) is 11.5 Å². The van der Waals surface area contributed by atoms with Crippen LogP contribution < -0.4 is 19.7 Å². The Bertz CT molecular complexity index is 1430. The average Bonchev–Trinajstić information content (AvgIpc) is 2.87. The van der Waals surface area contributed by atoms with Crippen molar-refractivity contribution in [2.75, 3.05) is 12.0 Å². The van der Waals surface area contributed by atoms with E-state index in [4.69, 9.17) is 37.8 Å². The van der Waals surface area contributed by atoms with Gasteiger partial charge in [-0.1, -0.05) is 35.3 Å². The molecular formula is C26H18Cl2N2O7. The van der Waals surface area contributed by atoms with Crippen molar-refractivity contribution in [3.8, 4) is 11.5 Å². The van der Waals surface area contributed by atoms with E-state index >= 15 is 0 Å². The van der Waals surface area contributed by atoms with Crippen molar-refractivity contribution in [1.82, 2.24) is 5.32 Å². The van der Waals surface area contributed by atoms with Gasteiger partial charge in [-0.25, -0.2) is 14.5 Å². The van der Waals surface area contributed by atoms with Crippen LogP contribution in [0.5, 0.6) is 11.5 Å². The second kappa shape index (κ2) is 10.7. The van der Waals surface area contributed by atoms with Gasteiger partial charge in [0.25, 0.3) is 11.8 Å². The fourth-order valence-corrected chi connectivity index (χ4v) is 3.91. The maximum absolute atomic E-state index is 13.1. The van der Waals surface area contributed by atoms with Gasteiger partial charge >= 0.3 is 12.0 Å². The van der Waals surface area contributed by atoms with Gasteiger partial charge in [0, 0.05) is 5.02 Å². The lowest BCUT2D eigenvalue weighted by molar-refractivity contribution is -0.122. The summed E-state index contributed by atoms with van der Waals surface area (Å²) >= 11 is 12.3. The van der Waals surface area contributed by atoms with Gasteiger partial charge in [0.2, 0.25) is 0 Å². The van der Waals surface area contributed by atoms with Crippen molar-refractivity contribution in [3.63, 3.8) is 0 Å². The molecule has 0 aliphatic carbocycles. The van der Waals surface area contributed by atoms with E-state index in [1.54, 1.807) is 12.1 Å². The highest BCUT2D eigenvalue weighted by atomic mass is 35.5. The first-order chi connectivity index (χ1) is 17.7. The van der Waals surface area contributed by atoms with E-state index in [0.717, 1.165) is 4.90 Å². The number of carbonyl (C=O) groups excluding carboxylic acids is 3. The number of aromatic carboxylic acids is 1. The molecule has 0 radical (unpaired) electrons. The van der Waals surface area contributed by atoms with Crippen LogP contribution in [-0.2, 0) is 16.2 Å². The minimum Gasteiger partial charge on any atom is -0.493 e. The van der Waals surface area contributed by atoms with Crippen molar-refractivity contribution in [3.05, 3.63) is 93.0 Å². The molecule has 0 spiro atoms. The first-order valence-electron chi connectivity index (χ1n) is 10.7. The number of benzene rings is 3. The number of carbonyl (C=O) groups is 4. The molecule has 188 valence electrons. The number of ether oxygens (including phenoxy) is 2. The average molecular weight is 541 g/mol. The van der Waals surface area contributed by atoms with Crippen LogP contribution in [0.3, 0.4) is 0 Å². The molecule has 0 atom stereocenters. The number of nitrogens with zero attached hydrogens (tertiary/aromatic N) is 1. The summed E-state index contributed by atoms with van der Waals surface area (Å²) < 4.78 is 11.2. The lowest BCUT2D eigenvalue weighted by atomic mass is 10.1. The van der Waals surface area contributed by atoms with Crippen LogP contribution >= 0.6 is 23.2 Å². The van der Waals surface area contributed by atoms with E-state index in [0.29, 0.717) is 16.1 Å². The van der Waals surface area contributed by atoms with E-state index in [1.165, 1.54) is 61.7 Å². The van der Waals surface area contributed by atoms with Crippen LogP contribution in [0, 0.1) is 0 Å². The molecule has 4 rings (SSSR count). The second-order valence-electron chi connectivity index (χ2n) is 7.76. The van der Waals surface area contributed by atoms with E-state index in [9.17, 15) is 19.2 Å². The molecule has 11 heteroatoms. The zero-order valence-electron chi connectivity index (χ0n) is 19.2. The summed E-state index contributed by atoms with van der Waals surface area (Å²) in [5.41, 5.74) is 1.14. The summed E-state index contributed by atoms with van der Waals surface area (Å²) in [5, 5.41) is 11.7. The summed E-state index contributed by atoms with van der Waals surface area (Å²) in [4.78, 5) is 49.8. The van der Waals surface area contributed by atoms with Crippen LogP contribution in [-0.4, -0.2) is 36.0 Å². The second-order valence-corrected chi connectivity index (χ2v) is 8.60. The Balaban J connectivity index is 1.60. The first-order valence-corrected chi connectivity index (χ1v) is 11.4. The summed E-state index contributed by atoms with van der Waals surface area (Å²) in [6.07, 6.45) is 1.29. The number of rotatable bonds is 7. The maximum Gasteiger partial charge on any atom is 0.335 e. The molecule has 0 saturated carbocycles. The first kappa shape index (κ1) is 25.7. The monoisotopic (exact) mass is 540 g/mol. The Morgan fingerprint density at radius 1 is 1.03 bits per heavy atom. The van der Waals surface area contributed by atoms with Gasteiger partial charge in [-0.3, -0.25) is 14.9 Å². The zero-order chi connectivity index (χ0) is 26.7. The van der Waals surface area contributed by atoms with Gasteiger partial charge in [-0.05, 0) is 65.7 Å². The number of hydrogen-bond acceptors (Lipinski definition) is 6. The number of urea groups is 1. The molecule has 0 bridgehead atoms. The number of barbiturate groups is 1. The van der Waals surface area contributed by atoms with Crippen molar-refractivity contribution < 1.29 is 33.8 Å². The Hall–Kier alpha value is -4.34. The number of carboxylic acid groups (broad SMARTS) is 1. The number of carboxylic acids is 1. The highest BCUT2D eigenvalue weighted by Crippen LogP contribution is 2.38. The summed E-state index contributed by atoms with van der Waals surface area (Å²) in [7, 11) is 1.40. The van der Waals surface area contributed by atoms with Crippen LogP contribution in [0.1, 0.15) is 21.5 Å². The number of amides is 4. The topological polar surface area (TPSA) is 122 Å². The number of halogens is 2. The minimum absolute atomic E-state index is 0.0788. The predicted octanol–water partition coefficient (Wildman–Crippen LogP) is 4.95. The van der Waals surface area contributed by atoms with E-state index < -0.39 is 23.8 Å². The van der Waals surface area contributed by atoms with E-state index in [1.807, 2.05) is 0 Å². The highest BCUT2D eigenvalue weighted by molar-refractivity contribution is 6.39. The molecule has 9 nitrogen and oxygen atoms in total. The zero-order valence-corrected chi connectivity index (χ0v) is 20.7. The third-order valence-corrected chi connectivity index (χ3v) is 5.87. The summed E-state index contributed by atoms with van der Waals surface area (Å²) in [6, 6.07) is 14.2. The fraction of sp³-hybridized carbons (Fsp3) is 0.0769. The quantitative estimate of drug-likeness (QED) is 0.321. The van der Waals surface area contributed by atoms with Gasteiger partial charge in [-0.15, -0.1) is 0 Å². The molecule has 0 unspecified atom stereocenters. The predicted molar refractivity (Wildman–Crippen MR) is 136 cm³/mol. The molecule has 37 heavy (non-hydrogen) atoms. The van der Waals surface area contributed by atoms with Crippen LogP contribution in [0.25, 0.3) is 6.08 Å². The van der Waals surface area contributed by atoms with Gasteiger partial charge in [0.05, 0.1) is 23.4 Å². The largest absolute Gasteiger partial charge is 0.493 e. The minimum atomic E-state index is -1.03. The molecule has 4 amide bonds. The molecule has 3 aromatic carbocycles. The van der Waals surface area contributed by atoms with Crippen LogP contribution in [0.15, 0.2) is 66.2 Å². The van der Waals surface area contributed by atoms with E-state index in [-0.39, 0.29) is 40.0 Å². The fourth-order valence-electron chi connectivity index (χ4n) is 3.51. The summed E-state index contributed by atoms with van der Waals surface area (Å²) in [5.74, 6) is -2.27. The van der Waals surface area contributed by atoms with Gasteiger partial charge in [0.1, 0.15) is 12.2 Å². The number of methoxy groups -OCH3 is 1. The lowest BCUT2D eigenvalue weighted by Gasteiger charge is -2.26. The lowest BCUT2D eigenvalue weighted by Crippen LogP contribution is -2.54. The number of nitrogens with one attached hydrogen (secondary N) is 1. The van der Waals surface area contributed by atoms with Gasteiger partial charge in [-0.2, -0.15) is 0 Å². The molecule has 1 saturated heterocycles. The highest BCUT2D eigenvalue weighted by Gasteiger charge is 2.36. The number of imide groups is 2. The molecule has 1 aliphatic heterocycles. The van der Waals surface area contributed by atoms with Crippen molar-refractivity contribution in [1.29, 1.82) is 0 Å². The van der Waals surface area contributed by atoms with Crippen LogP contribution in [0.4, 0.5) is 10.5 Å². The molecule has 1 aliphatic rings. The molecular weight excluding hydrogens is 523 g/mol.